The molecule has 0 aromatic heterocycles. The molecule has 0 saturated heterocycles. The largest absolute Gasteiger partial charge is 0.375 e. The summed E-state index contributed by atoms with van der Waals surface area (Å²) < 4.78 is 6.30. The molecule has 2 rings (SSSR count). The first kappa shape index (κ1) is 13.4. The smallest absolute Gasteiger partial charge is 0.0599 e. The van der Waals surface area contributed by atoms with Crippen molar-refractivity contribution in [2.75, 3.05) is 0 Å². The monoisotopic (exact) mass is 238 g/mol. The summed E-state index contributed by atoms with van der Waals surface area (Å²) in [6, 6.07) is 0. The van der Waals surface area contributed by atoms with Crippen LogP contribution in [-0.4, -0.2) is 12.2 Å². The second-order valence-corrected chi connectivity index (χ2v) is 7.38. The fraction of sp³-hybridized carbons (Fsp3) is 1.00. The van der Waals surface area contributed by atoms with E-state index in [-0.39, 0.29) is 5.41 Å². The predicted octanol–water partition coefficient (Wildman–Crippen LogP) is 4.80. The summed E-state index contributed by atoms with van der Waals surface area (Å²) in [6.07, 6.45) is 10.9. The zero-order valence-electron chi connectivity index (χ0n) is 12.2. The van der Waals surface area contributed by atoms with Crippen molar-refractivity contribution in [2.24, 2.45) is 17.3 Å². The van der Waals surface area contributed by atoms with Crippen molar-refractivity contribution < 1.29 is 4.74 Å². The molecule has 2 fully saturated rings. The molecular weight excluding hydrogens is 208 g/mol. The maximum atomic E-state index is 6.30. The van der Waals surface area contributed by atoms with Gasteiger partial charge in [0.15, 0.2) is 0 Å². The molecule has 0 aliphatic heterocycles. The first-order valence-electron chi connectivity index (χ1n) is 7.62. The third-order valence-electron chi connectivity index (χ3n) is 5.11. The van der Waals surface area contributed by atoms with Gasteiger partial charge in [-0.2, -0.15) is 0 Å². The number of ether oxygens (including phenoxy) is 1. The van der Waals surface area contributed by atoms with Gasteiger partial charge in [-0.15, -0.1) is 0 Å². The Morgan fingerprint density at radius 1 is 0.941 bits per heavy atom. The molecule has 0 spiro atoms. The Bertz CT molecular complexity index is 240. The number of fused-ring (bicyclic) bond motifs is 1. The molecule has 4 unspecified atom stereocenters. The predicted molar refractivity (Wildman–Crippen MR) is 73.1 cm³/mol. The average molecular weight is 238 g/mol. The van der Waals surface area contributed by atoms with Gasteiger partial charge in [0.1, 0.15) is 0 Å². The lowest BCUT2D eigenvalue weighted by Gasteiger charge is -2.41. The molecule has 2 saturated carbocycles. The Labute approximate surface area is 107 Å². The number of hydrogen-bond donors (Lipinski definition) is 0. The molecule has 17 heavy (non-hydrogen) atoms. The van der Waals surface area contributed by atoms with E-state index in [9.17, 15) is 0 Å². The summed E-state index contributed by atoms with van der Waals surface area (Å²) in [5.74, 6) is 2.02. The highest BCUT2D eigenvalue weighted by atomic mass is 16.5. The van der Waals surface area contributed by atoms with Gasteiger partial charge < -0.3 is 4.74 Å². The Morgan fingerprint density at radius 2 is 1.59 bits per heavy atom. The van der Waals surface area contributed by atoms with E-state index in [0.29, 0.717) is 12.2 Å². The Morgan fingerprint density at radius 3 is 2.24 bits per heavy atom. The van der Waals surface area contributed by atoms with Crippen LogP contribution in [0, 0.1) is 17.3 Å². The summed E-state index contributed by atoms with van der Waals surface area (Å²) in [4.78, 5) is 0. The van der Waals surface area contributed by atoms with Crippen LogP contribution in [0.1, 0.15) is 72.6 Å². The highest BCUT2D eigenvalue weighted by Gasteiger charge is 2.34. The molecule has 1 heteroatoms. The summed E-state index contributed by atoms with van der Waals surface area (Å²) in [5.41, 5.74) is 0.281. The van der Waals surface area contributed by atoms with Gasteiger partial charge >= 0.3 is 0 Å². The molecule has 100 valence electrons. The molecule has 0 radical (unpaired) electrons. The van der Waals surface area contributed by atoms with E-state index < -0.39 is 0 Å². The first-order valence-corrected chi connectivity index (χ1v) is 7.62. The second-order valence-electron chi connectivity index (χ2n) is 7.38. The van der Waals surface area contributed by atoms with Gasteiger partial charge in [0.2, 0.25) is 0 Å². The fourth-order valence-electron chi connectivity index (χ4n) is 3.45. The van der Waals surface area contributed by atoms with E-state index in [4.69, 9.17) is 4.74 Å². The summed E-state index contributed by atoms with van der Waals surface area (Å²) in [6.45, 7) is 9.09. The summed E-state index contributed by atoms with van der Waals surface area (Å²) >= 11 is 0. The third-order valence-corrected chi connectivity index (χ3v) is 5.11. The minimum absolute atomic E-state index is 0.281. The standard InChI is InChI=1S/C16H30O/c1-12(16(2,3)4)17-15-10-9-13-7-5-6-8-14(13)11-15/h12-15H,5-11H2,1-4H3. The van der Waals surface area contributed by atoms with E-state index in [1.165, 1.54) is 44.9 Å². The van der Waals surface area contributed by atoms with Crippen LogP contribution >= 0.6 is 0 Å². The summed E-state index contributed by atoms with van der Waals surface area (Å²) in [5, 5.41) is 0. The molecular formula is C16H30O. The molecule has 0 aromatic carbocycles. The van der Waals surface area contributed by atoms with Crippen LogP contribution in [-0.2, 0) is 4.74 Å². The van der Waals surface area contributed by atoms with Crippen molar-refractivity contribution in [1.29, 1.82) is 0 Å². The van der Waals surface area contributed by atoms with Crippen LogP contribution in [0.3, 0.4) is 0 Å². The van der Waals surface area contributed by atoms with Crippen molar-refractivity contribution in [3.63, 3.8) is 0 Å². The average Bonchev–Trinajstić information content (AvgIpc) is 2.27. The minimum Gasteiger partial charge on any atom is -0.375 e. The number of rotatable bonds is 2. The Hall–Kier alpha value is -0.0400. The molecule has 0 amide bonds. The Balaban J connectivity index is 1.83. The van der Waals surface area contributed by atoms with Gasteiger partial charge in [-0.3, -0.25) is 0 Å². The molecule has 2 aliphatic rings. The topological polar surface area (TPSA) is 9.23 Å². The Kier molecular flexibility index (Phi) is 4.18. The van der Waals surface area contributed by atoms with Crippen LogP contribution in [0.2, 0.25) is 0 Å². The maximum Gasteiger partial charge on any atom is 0.0599 e. The molecule has 0 N–H and O–H groups in total. The SMILES string of the molecule is CC(OC1CCC2CCCCC2C1)C(C)(C)C. The molecule has 0 aromatic rings. The quantitative estimate of drug-likeness (QED) is 0.671. The van der Waals surface area contributed by atoms with Crippen LogP contribution in [0.25, 0.3) is 0 Å². The fourth-order valence-corrected chi connectivity index (χ4v) is 3.45. The van der Waals surface area contributed by atoms with Crippen LogP contribution in [0.4, 0.5) is 0 Å². The van der Waals surface area contributed by atoms with Gasteiger partial charge in [-0.25, -0.2) is 0 Å². The van der Waals surface area contributed by atoms with E-state index in [1.54, 1.807) is 0 Å². The molecule has 1 nitrogen and oxygen atoms in total. The van der Waals surface area contributed by atoms with E-state index in [0.717, 1.165) is 11.8 Å². The van der Waals surface area contributed by atoms with Gasteiger partial charge in [-0.1, -0.05) is 46.5 Å². The van der Waals surface area contributed by atoms with E-state index in [2.05, 4.69) is 27.7 Å². The van der Waals surface area contributed by atoms with Gasteiger partial charge in [0, 0.05) is 0 Å². The highest BCUT2D eigenvalue weighted by molar-refractivity contribution is 4.84. The zero-order chi connectivity index (χ0) is 12.5. The third kappa shape index (κ3) is 3.47. The first-order chi connectivity index (χ1) is 7.97. The van der Waals surface area contributed by atoms with Crippen molar-refractivity contribution in [2.45, 2.75) is 84.8 Å². The lowest BCUT2D eigenvalue weighted by molar-refractivity contribution is -0.0873. The van der Waals surface area contributed by atoms with Crippen molar-refractivity contribution >= 4 is 0 Å². The normalized spacial score (nSPS) is 36.4. The van der Waals surface area contributed by atoms with E-state index in [1.807, 2.05) is 0 Å². The maximum absolute atomic E-state index is 6.30. The lowest BCUT2D eigenvalue weighted by atomic mass is 9.70. The molecule has 0 heterocycles. The highest BCUT2D eigenvalue weighted by Crippen LogP contribution is 2.42. The minimum atomic E-state index is 0.281. The van der Waals surface area contributed by atoms with E-state index >= 15 is 0 Å². The lowest BCUT2D eigenvalue weighted by Crippen LogP contribution is -2.36. The van der Waals surface area contributed by atoms with Crippen molar-refractivity contribution in [3.05, 3.63) is 0 Å². The van der Waals surface area contributed by atoms with Gasteiger partial charge in [-0.05, 0) is 43.4 Å². The van der Waals surface area contributed by atoms with Crippen LogP contribution in [0.5, 0.6) is 0 Å². The van der Waals surface area contributed by atoms with Crippen molar-refractivity contribution in [3.8, 4) is 0 Å². The van der Waals surface area contributed by atoms with Crippen LogP contribution in [0.15, 0.2) is 0 Å². The van der Waals surface area contributed by atoms with Gasteiger partial charge in [0.25, 0.3) is 0 Å². The molecule has 2 aliphatic carbocycles. The van der Waals surface area contributed by atoms with Crippen LogP contribution < -0.4 is 0 Å². The zero-order valence-corrected chi connectivity index (χ0v) is 12.2. The summed E-state index contributed by atoms with van der Waals surface area (Å²) in [7, 11) is 0. The van der Waals surface area contributed by atoms with Gasteiger partial charge in [0.05, 0.1) is 12.2 Å². The number of hydrogen-bond acceptors (Lipinski definition) is 1. The molecule has 4 atom stereocenters. The second kappa shape index (κ2) is 5.30. The molecule has 0 bridgehead atoms. The van der Waals surface area contributed by atoms with Crippen molar-refractivity contribution in [1.82, 2.24) is 0 Å².